The van der Waals surface area contributed by atoms with Crippen LogP contribution in [0.15, 0.2) is 0 Å². The third kappa shape index (κ3) is 2.08. The van der Waals surface area contributed by atoms with Crippen molar-refractivity contribution in [3.63, 3.8) is 0 Å². The van der Waals surface area contributed by atoms with Gasteiger partial charge in [0.25, 0.3) is 5.91 Å². The van der Waals surface area contributed by atoms with Crippen LogP contribution in [0.4, 0.5) is 23.9 Å². The third-order valence-corrected chi connectivity index (χ3v) is 4.06. The maximum Gasteiger partial charge on any atom is 0.411 e. The number of nitrogens with zero attached hydrogens (tertiary/aromatic N) is 1. The monoisotopic (exact) mass is 290 g/mol. The number of nitriles is 1. The van der Waals surface area contributed by atoms with Gasteiger partial charge in [-0.25, -0.2) is 0 Å². The maximum atomic E-state index is 12.8. The molecule has 5 nitrogen and oxygen atoms in total. The van der Waals surface area contributed by atoms with E-state index in [-0.39, 0.29) is 34.0 Å². The SMILES string of the molecule is N#Cc1c(NC2(C(F)(F)F)CC2)sc(C(N)=O)c1N. The van der Waals surface area contributed by atoms with E-state index in [4.69, 9.17) is 16.7 Å². The van der Waals surface area contributed by atoms with Crippen LogP contribution in [-0.4, -0.2) is 17.6 Å². The van der Waals surface area contributed by atoms with Gasteiger partial charge in [-0.1, -0.05) is 0 Å². The standard InChI is InChI=1S/C10H9F3N4OS/c11-10(12,13)9(1-2-9)17-8-4(3-14)5(15)6(19-8)7(16)18/h17H,1-2,15H2,(H2,16,18). The summed E-state index contributed by atoms with van der Waals surface area (Å²) in [5, 5.41) is 11.1. The number of halogens is 3. The van der Waals surface area contributed by atoms with Crippen molar-refractivity contribution in [1.29, 1.82) is 5.26 Å². The molecule has 2 rings (SSSR count). The van der Waals surface area contributed by atoms with Crippen LogP contribution in [-0.2, 0) is 0 Å². The Morgan fingerprint density at radius 2 is 2.05 bits per heavy atom. The van der Waals surface area contributed by atoms with Crippen LogP contribution in [0.25, 0.3) is 0 Å². The highest BCUT2D eigenvalue weighted by Gasteiger charge is 2.64. The zero-order valence-corrected chi connectivity index (χ0v) is 10.3. The Kier molecular flexibility index (Phi) is 2.86. The average Bonchev–Trinajstić information content (AvgIpc) is 2.99. The number of carbonyl (C=O) groups excluding carboxylic acids is 1. The van der Waals surface area contributed by atoms with Crippen molar-refractivity contribution < 1.29 is 18.0 Å². The Balaban J connectivity index is 2.40. The van der Waals surface area contributed by atoms with Crippen molar-refractivity contribution in [1.82, 2.24) is 0 Å². The molecule has 0 saturated heterocycles. The lowest BCUT2D eigenvalue weighted by Gasteiger charge is -2.20. The fourth-order valence-corrected chi connectivity index (χ4v) is 2.67. The Morgan fingerprint density at radius 1 is 1.47 bits per heavy atom. The fraction of sp³-hybridized carbons (Fsp3) is 0.400. The minimum Gasteiger partial charge on any atom is -0.396 e. The summed E-state index contributed by atoms with van der Waals surface area (Å²) >= 11 is 0.669. The molecule has 1 aromatic heterocycles. The number of nitrogen functional groups attached to an aromatic ring is 1. The number of hydrogen-bond donors (Lipinski definition) is 3. The summed E-state index contributed by atoms with van der Waals surface area (Å²) < 4.78 is 38.5. The highest BCUT2D eigenvalue weighted by atomic mass is 32.1. The number of thiophene rings is 1. The molecule has 1 fully saturated rings. The van der Waals surface area contributed by atoms with E-state index in [9.17, 15) is 18.0 Å². The van der Waals surface area contributed by atoms with E-state index in [0.717, 1.165) is 0 Å². The van der Waals surface area contributed by atoms with Gasteiger partial charge in [-0.15, -0.1) is 11.3 Å². The zero-order chi connectivity index (χ0) is 14.4. The molecule has 1 saturated carbocycles. The first-order valence-corrected chi connectivity index (χ1v) is 6.00. The van der Waals surface area contributed by atoms with Crippen LogP contribution in [0.2, 0.25) is 0 Å². The second-order valence-corrected chi connectivity index (χ2v) is 5.25. The van der Waals surface area contributed by atoms with Crippen LogP contribution in [0.5, 0.6) is 0 Å². The second kappa shape index (κ2) is 4.03. The van der Waals surface area contributed by atoms with Crippen LogP contribution >= 0.6 is 11.3 Å². The molecule has 0 bridgehead atoms. The normalized spacial score (nSPS) is 16.7. The number of nitrogens with one attached hydrogen (secondary N) is 1. The number of alkyl halides is 3. The van der Waals surface area contributed by atoms with Crippen molar-refractivity contribution >= 4 is 27.9 Å². The quantitative estimate of drug-likeness (QED) is 0.789. The molecular weight excluding hydrogens is 281 g/mol. The van der Waals surface area contributed by atoms with E-state index in [1.165, 1.54) is 0 Å². The van der Waals surface area contributed by atoms with Gasteiger partial charge in [0.15, 0.2) is 0 Å². The van der Waals surface area contributed by atoms with Crippen molar-refractivity contribution in [2.75, 3.05) is 11.1 Å². The summed E-state index contributed by atoms with van der Waals surface area (Å²) in [5.41, 5.74) is 8.20. The molecule has 0 aliphatic heterocycles. The molecule has 1 aliphatic rings. The molecule has 0 unspecified atom stereocenters. The van der Waals surface area contributed by atoms with Gasteiger partial charge < -0.3 is 16.8 Å². The molecule has 0 aromatic carbocycles. The van der Waals surface area contributed by atoms with E-state index < -0.39 is 17.6 Å². The van der Waals surface area contributed by atoms with Gasteiger partial charge in [0.1, 0.15) is 27.0 Å². The lowest BCUT2D eigenvalue weighted by molar-refractivity contribution is -0.151. The molecule has 1 aliphatic carbocycles. The topological polar surface area (TPSA) is 105 Å². The van der Waals surface area contributed by atoms with E-state index >= 15 is 0 Å². The van der Waals surface area contributed by atoms with Crippen LogP contribution in [0, 0.1) is 11.3 Å². The van der Waals surface area contributed by atoms with Gasteiger partial charge in [0.05, 0.1) is 5.69 Å². The van der Waals surface area contributed by atoms with E-state index in [1.54, 1.807) is 6.07 Å². The predicted molar refractivity (Wildman–Crippen MR) is 63.6 cm³/mol. The molecule has 5 N–H and O–H groups in total. The number of hydrogen-bond acceptors (Lipinski definition) is 5. The van der Waals surface area contributed by atoms with Crippen molar-refractivity contribution in [2.45, 2.75) is 24.6 Å². The number of amides is 1. The van der Waals surface area contributed by atoms with Gasteiger partial charge >= 0.3 is 6.18 Å². The molecule has 0 atom stereocenters. The molecule has 1 heterocycles. The molecule has 1 aromatic rings. The predicted octanol–water partition coefficient (Wildman–Crippen LogP) is 1.81. The highest BCUT2D eigenvalue weighted by Crippen LogP contribution is 2.52. The lowest BCUT2D eigenvalue weighted by Crippen LogP contribution is -2.38. The molecule has 1 amide bonds. The summed E-state index contributed by atoms with van der Waals surface area (Å²) in [6.45, 7) is 0. The first-order chi connectivity index (χ1) is 8.72. The first-order valence-electron chi connectivity index (χ1n) is 5.19. The summed E-state index contributed by atoms with van der Waals surface area (Å²) in [7, 11) is 0. The minimum absolute atomic E-state index is 0.0661. The van der Waals surface area contributed by atoms with Gasteiger partial charge in [-0.3, -0.25) is 4.79 Å². The zero-order valence-electron chi connectivity index (χ0n) is 9.47. The molecule has 102 valence electrons. The molecular formula is C10H9F3N4OS. The van der Waals surface area contributed by atoms with Crippen LogP contribution < -0.4 is 16.8 Å². The first kappa shape index (κ1) is 13.5. The van der Waals surface area contributed by atoms with E-state index in [1.807, 2.05) is 0 Å². The van der Waals surface area contributed by atoms with Crippen LogP contribution in [0.3, 0.4) is 0 Å². The average molecular weight is 290 g/mol. The minimum atomic E-state index is -4.43. The Morgan fingerprint density at radius 3 is 2.42 bits per heavy atom. The van der Waals surface area contributed by atoms with Crippen LogP contribution in [0.1, 0.15) is 28.1 Å². The number of nitrogens with two attached hydrogens (primary N) is 2. The Labute approximate surface area is 110 Å². The van der Waals surface area contributed by atoms with Gasteiger partial charge in [-0.05, 0) is 12.8 Å². The largest absolute Gasteiger partial charge is 0.411 e. The molecule has 9 heteroatoms. The number of carbonyl (C=O) groups is 1. The number of rotatable bonds is 3. The van der Waals surface area contributed by atoms with Crippen molar-refractivity contribution in [3.8, 4) is 6.07 Å². The molecule has 0 spiro atoms. The fourth-order valence-electron chi connectivity index (χ4n) is 1.65. The summed E-state index contributed by atoms with van der Waals surface area (Å²) in [6, 6.07) is 1.69. The van der Waals surface area contributed by atoms with E-state index in [2.05, 4.69) is 5.32 Å². The van der Waals surface area contributed by atoms with Gasteiger partial charge in [0, 0.05) is 0 Å². The summed E-state index contributed by atoms with van der Waals surface area (Å²) in [6.07, 6.45) is -4.58. The summed E-state index contributed by atoms with van der Waals surface area (Å²) in [4.78, 5) is 11.0. The third-order valence-electron chi connectivity index (χ3n) is 2.93. The number of primary amides is 1. The Bertz CT molecular complexity index is 583. The second-order valence-electron chi connectivity index (χ2n) is 4.23. The van der Waals surface area contributed by atoms with Gasteiger partial charge in [-0.2, -0.15) is 18.4 Å². The highest BCUT2D eigenvalue weighted by molar-refractivity contribution is 7.19. The smallest absolute Gasteiger partial charge is 0.396 e. The van der Waals surface area contributed by atoms with Crippen molar-refractivity contribution in [2.24, 2.45) is 5.73 Å². The van der Waals surface area contributed by atoms with Crippen molar-refractivity contribution in [3.05, 3.63) is 10.4 Å². The molecule has 19 heavy (non-hydrogen) atoms. The van der Waals surface area contributed by atoms with E-state index in [0.29, 0.717) is 11.3 Å². The lowest BCUT2D eigenvalue weighted by atomic mass is 10.2. The molecule has 0 radical (unpaired) electrons. The van der Waals surface area contributed by atoms with Gasteiger partial charge in [0.2, 0.25) is 0 Å². The maximum absolute atomic E-state index is 12.8. The number of anilines is 2. The summed E-state index contributed by atoms with van der Waals surface area (Å²) in [5.74, 6) is -0.871. The Hall–Kier alpha value is -1.95.